The van der Waals surface area contributed by atoms with E-state index in [0.717, 1.165) is 12.8 Å². The lowest BCUT2D eigenvalue weighted by molar-refractivity contribution is 0.252. The fourth-order valence-corrected chi connectivity index (χ4v) is 4.35. The number of carbonyl (C=O) groups excluding carboxylic acids is 1. The van der Waals surface area contributed by atoms with Crippen LogP contribution in [-0.2, 0) is 14.8 Å². The van der Waals surface area contributed by atoms with Gasteiger partial charge in [-0.25, -0.2) is 22.3 Å². The topological polar surface area (TPSA) is 106 Å². The summed E-state index contributed by atoms with van der Waals surface area (Å²) < 4.78 is 52.1. The highest BCUT2D eigenvalue weighted by atomic mass is 32.2. The predicted octanol–water partition coefficient (Wildman–Crippen LogP) is 2.90. The molecular weight excluding hydrogens is 413 g/mol. The molecule has 8 nitrogen and oxygen atoms in total. The Kier molecular flexibility index (Phi) is 7.65. The van der Waals surface area contributed by atoms with Crippen LogP contribution < -0.4 is 14.8 Å². The second-order valence-electron chi connectivity index (χ2n) is 7.68. The van der Waals surface area contributed by atoms with Gasteiger partial charge in [-0.05, 0) is 62.6 Å². The number of ether oxygens (including phenoxy) is 2. The van der Waals surface area contributed by atoms with E-state index in [1.165, 1.54) is 6.07 Å². The summed E-state index contributed by atoms with van der Waals surface area (Å²) in [5.41, 5.74) is 0.652. The van der Waals surface area contributed by atoms with Crippen molar-refractivity contribution in [1.82, 2.24) is 10.0 Å². The highest BCUT2D eigenvalue weighted by Gasteiger charge is 2.23. The number of hydrogen-bond donors (Lipinski definition) is 2. The molecule has 0 unspecified atom stereocenters. The number of benzene rings is 1. The van der Waals surface area contributed by atoms with E-state index >= 15 is 0 Å². The largest absolute Gasteiger partial charge is 0.490 e. The lowest BCUT2D eigenvalue weighted by atomic mass is 10.1. The first-order valence-corrected chi connectivity index (χ1v) is 11.9. The molecule has 0 spiro atoms. The normalized spacial score (nSPS) is 17.4. The van der Waals surface area contributed by atoms with Crippen LogP contribution in [0.3, 0.4) is 0 Å². The summed E-state index contributed by atoms with van der Waals surface area (Å²) in [6, 6.07) is 3.54. The van der Waals surface area contributed by atoms with E-state index in [1.54, 1.807) is 19.1 Å². The molecule has 0 saturated heterocycles. The van der Waals surface area contributed by atoms with Crippen LogP contribution in [0.25, 0.3) is 0 Å². The molecule has 10 heteroatoms. The maximum Gasteiger partial charge on any atom is 0.344 e. The molecule has 1 heterocycles. The van der Waals surface area contributed by atoms with E-state index in [4.69, 9.17) is 9.47 Å². The number of nitrogens with zero attached hydrogens (tertiary/aromatic N) is 1. The van der Waals surface area contributed by atoms with Crippen LogP contribution >= 0.6 is 0 Å². The van der Waals surface area contributed by atoms with Crippen molar-refractivity contribution in [3.05, 3.63) is 29.6 Å². The number of sulfonamides is 1. The quantitative estimate of drug-likeness (QED) is 0.485. The summed E-state index contributed by atoms with van der Waals surface area (Å²) in [5.74, 6) is 0.571. The van der Waals surface area contributed by atoms with Crippen LogP contribution in [0.1, 0.15) is 50.6 Å². The van der Waals surface area contributed by atoms with Crippen molar-refractivity contribution in [1.29, 1.82) is 0 Å². The zero-order valence-corrected chi connectivity index (χ0v) is 17.8. The number of rotatable bonds is 12. The van der Waals surface area contributed by atoms with E-state index in [2.05, 4.69) is 15.0 Å². The van der Waals surface area contributed by atoms with Crippen LogP contribution in [0, 0.1) is 11.7 Å². The molecule has 1 aromatic rings. The molecule has 0 radical (unpaired) electrons. The first kappa shape index (κ1) is 22.5. The number of halogens is 1. The smallest absolute Gasteiger partial charge is 0.344 e. The number of aliphatic imine (C=N–C) groups is 1. The molecule has 2 aliphatic rings. The molecular formula is C20H28FN3O5S. The van der Waals surface area contributed by atoms with Gasteiger partial charge in [-0.2, -0.15) is 4.99 Å². The third-order valence-electron chi connectivity index (χ3n) is 4.93. The maximum atomic E-state index is 13.9. The summed E-state index contributed by atoms with van der Waals surface area (Å²) in [6.07, 6.45) is 4.02. The maximum absolute atomic E-state index is 13.9. The monoisotopic (exact) mass is 441 g/mol. The molecule has 1 atom stereocenters. The molecule has 2 amide bonds. The summed E-state index contributed by atoms with van der Waals surface area (Å²) in [7, 11) is -3.48. The van der Waals surface area contributed by atoms with E-state index in [-0.39, 0.29) is 11.5 Å². The summed E-state index contributed by atoms with van der Waals surface area (Å²) >= 11 is 0. The van der Waals surface area contributed by atoms with E-state index < -0.39 is 27.9 Å². The average molecular weight is 442 g/mol. The highest BCUT2D eigenvalue weighted by molar-refractivity contribution is 7.89. The molecule has 1 aromatic carbocycles. The summed E-state index contributed by atoms with van der Waals surface area (Å²) in [6.45, 7) is 2.90. The molecule has 0 bridgehead atoms. The van der Waals surface area contributed by atoms with Gasteiger partial charge in [-0.15, -0.1) is 0 Å². The lowest BCUT2D eigenvalue weighted by Crippen LogP contribution is -2.29. The Morgan fingerprint density at radius 3 is 2.77 bits per heavy atom. The Balaban J connectivity index is 1.39. The predicted molar refractivity (Wildman–Crippen MR) is 111 cm³/mol. The Bertz CT molecular complexity index is 886. The second kappa shape index (κ2) is 10.2. The highest BCUT2D eigenvalue weighted by Crippen LogP contribution is 2.31. The number of carbonyl (C=O) groups is 1. The van der Waals surface area contributed by atoms with E-state index in [0.29, 0.717) is 56.4 Å². The van der Waals surface area contributed by atoms with Crippen LogP contribution in [0.5, 0.6) is 5.75 Å². The van der Waals surface area contributed by atoms with Gasteiger partial charge in [0.2, 0.25) is 15.9 Å². The standard InChI is InChI=1S/C20H28FN3O5S/c1-14(16-7-8-17(21)18(11-16)29-13-15-5-6-15)24-30(26,27)10-4-2-3-9-28-19-12-22-20(25)23-19/h7-8,11,14-15,24H,2-6,9-10,12-13H2,1H3,(H,22,25)/t14-/m1/s1. The molecule has 3 rings (SSSR count). The van der Waals surface area contributed by atoms with Crippen molar-refractivity contribution in [2.24, 2.45) is 10.9 Å². The Morgan fingerprint density at radius 1 is 1.27 bits per heavy atom. The van der Waals surface area contributed by atoms with Gasteiger partial charge in [0.15, 0.2) is 11.6 Å². The first-order chi connectivity index (χ1) is 14.3. The number of unbranched alkanes of at least 4 members (excludes halogenated alkanes) is 2. The molecule has 1 aliphatic carbocycles. The minimum absolute atomic E-state index is 0.00937. The van der Waals surface area contributed by atoms with Gasteiger partial charge in [0.1, 0.15) is 0 Å². The van der Waals surface area contributed by atoms with Crippen molar-refractivity contribution in [3.63, 3.8) is 0 Å². The Hall–Kier alpha value is -2.20. The van der Waals surface area contributed by atoms with Crippen molar-refractivity contribution < 1.29 is 27.1 Å². The molecule has 2 N–H and O–H groups in total. The van der Waals surface area contributed by atoms with Crippen molar-refractivity contribution in [3.8, 4) is 5.75 Å². The van der Waals surface area contributed by atoms with Gasteiger partial charge in [0.05, 0.1) is 25.5 Å². The van der Waals surface area contributed by atoms with Crippen LogP contribution in [0.2, 0.25) is 0 Å². The van der Waals surface area contributed by atoms with Gasteiger partial charge in [0.25, 0.3) is 0 Å². The fraction of sp³-hybridized carbons (Fsp3) is 0.600. The molecule has 166 valence electrons. The van der Waals surface area contributed by atoms with Gasteiger partial charge in [-0.1, -0.05) is 6.07 Å². The van der Waals surface area contributed by atoms with Crippen molar-refractivity contribution >= 4 is 22.0 Å². The number of nitrogens with one attached hydrogen (secondary N) is 2. The van der Waals surface area contributed by atoms with Gasteiger partial charge in [0, 0.05) is 6.04 Å². The van der Waals surface area contributed by atoms with E-state index in [9.17, 15) is 17.6 Å². The van der Waals surface area contributed by atoms with Gasteiger partial charge < -0.3 is 14.8 Å². The third-order valence-corrected chi connectivity index (χ3v) is 6.47. The van der Waals surface area contributed by atoms with E-state index in [1.807, 2.05) is 0 Å². The summed E-state index contributed by atoms with van der Waals surface area (Å²) in [5, 5.41) is 2.51. The molecule has 1 saturated carbocycles. The summed E-state index contributed by atoms with van der Waals surface area (Å²) in [4.78, 5) is 14.6. The van der Waals surface area contributed by atoms with Crippen molar-refractivity contribution in [2.75, 3.05) is 25.5 Å². The Labute approximate surface area is 176 Å². The zero-order chi connectivity index (χ0) is 21.6. The van der Waals surface area contributed by atoms with Gasteiger partial charge >= 0.3 is 6.03 Å². The fourth-order valence-electron chi connectivity index (χ4n) is 2.98. The number of hydrogen-bond acceptors (Lipinski definition) is 5. The van der Waals surface area contributed by atoms with Crippen LogP contribution in [0.15, 0.2) is 23.2 Å². The van der Waals surface area contributed by atoms with Crippen molar-refractivity contribution in [2.45, 2.75) is 45.1 Å². The molecule has 1 aliphatic heterocycles. The Morgan fingerprint density at radius 2 is 2.07 bits per heavy atom. The molecule has 0 aromatic heterocycles. The van der Waals surface area contributed by atoms with Crippen LogP contribution in [-0.4, -0.2) is 45.9 Å². The minimum Gasteiger partial charge on any atom is -0.490 e. The first-order valence-electron chi connectivity index (χ1n) is 10.2. The molecule has 30 heavy (non-hydrogen) atoms. The third kappa shape index (κ3) is 7.24. The second-order valence-corrected chi connectivity index (χ2v) is 9.55. The van der Waals surface area contributed by atoms with Crippen LogP contribution in [0.4, 0.5) is 9.18 Å². The van der Waals surface area contributed by atoms with Gasteiger partial charge in [-0.3, -0.25) is 0 Å². The number of amides is 2. The average Bonchev–Trinajstić information content (AvgIpc) is 3.43. The SMILES string of the molecule is C[C@@H](NS(=O)(=O)CCCCCOC1=NC(=O)NC1)c1ccc(F)c(OCC2CC2)c1. The lowest BCUT2D eigenvalue weighted by Gasteiger charge is -2.16. The number of urea groups is 1. The zero-order valence-electron chi connectivity index (χ0n) is 17.0. The minimum atomic E-state index is -3.48. The molecule has 1 fully saturated rings.